The zero-order chi connectivity index (χ0) is 30.7. The Morgan fingerprint density at radius 3 is 2.44 bits per heavy atom. The highest BCUT2D eigenvalue weighted by atomic mass is 19.4. The number of benzene rings is 2. The number of phenolic OH excluding ortho intramolecular Hbond substituents is 1. The van der Waals surface area contributed by atoms with E-state index in [-0.39, 0.29) is 5.75 Å². The first-order valence-corrected chi connectivity index (χ1v) is 13.1. The highest BCUT2D eigenvalue weighted by Gasteiger charge is 2.38. The molecule has 4 heterocycles. The quantitative estimate of drug-likeness (QED) is 0.210. The largest absolute Gasteiger partial charge is 0.507 e. The fourth-order valence-corrected chi connectivity index (χ4v) is 4.70. The van der Waals surface area contributed by atoms with Gasteiger partial charge in [0.1, 0.15) is 22.8 Å². The second kappa shape index (κ2) is 12.0. The van der Waals surface area contributed by atoms with Crippen LogP contribution in [0.15, 0.2) is 65.5 Å². The molecule has 0 radical (unpaired) electrons. The number of alkyl halides is 3. The molecule has 14 heteroatoms. The minimum atomic E-state index is -5.08. The molecule has 1 aliphatic heterocycles. The molecule has 1 aliphatic rings. The molecule has 43 heavy (non-hydrogen) atoms. The van der Waals surface area contributed by atoms with Gasteiger partial charge in [-0.05, 0) is 61.8 Å². The first-order chi connectivity index (χ1) is 20.5. The molecule has 5 N–H and O–H groups in total. The molecule has 0 atom stereocenters. The highest BCUT2D eigenvalue weighted by Crippen LogP contribution is 2.40. The third kappa shape index (κ3) is 6.38. The van der Waals surface area contributed by atoms with Gasteiger partial charge in [-0.3, -0.25) is 4.68 Å². The van der Waals surface area contributed by atoms with Gasteiger partial charge in [0.15, 0.2) is 5.58 Å². The Bertz CT molecular complexity index is 1740. The van der Waals surface area contributed by atoms with E-state index in [0.29, 0.717) is 40.0 Å². The molecule has 224 valence electrons. The number of aromatic nitrogens is 4. The Hall–Kier alpha value is -5.11. The number of nitrogens with one attached hydrogen (secondary N) is 1. The van der Waals surface area contributed by atoms with Gasteiger partial charge in [0.25, 0.3) is 0 Å². The molecule has 1 fully saturated rings. The monoisotopic (exact) mass is 596 g/mol. The summed E-state index contributed by atoms with van der Waals surface area (Å²) in [5, 5.41) is 25.8. The fraction of sp³-hybridized carbons (Fsp3) is 0.241. The molecule has 5 aromatic rings. The van der Waals surface area contributed by atoms with Gasteiger partial charge in [0.05, 0.1) is 30.5 Å². The van der Waals surface area contributed by atoms with Crippen LogP contribution in [-0.2, 0) is 4.79 Å². The number of hydrogen-bond acceptors (Lipinski definition) is 9. The number of aromatic hydroxyl groups is 1. The number of phenols is 1. The van der Waals surface area contributed by atoms with Crippen molar-refractivity contribution < 1.29 is 37.3 Å². The van der Waals surface area contributed by atoms with Crippen LogP contribution < -0.4 is 15.8 Å². The van der Waals surface area contributed by atoms with E-state index in [1.165, 1.54) is 0 Å². The van der Waals surface area contributed by atoms with Crippen molar-refractivity contribution in [3.8, 4) is 45.2 Å². The van der Waals surface area contributed by atoms with Crippen LogP contribution in [0.25, 0.3) is 44.8 Å². The average Bonchev–Trinajstić information content (AvgIpc) is 3.66. The lowest BCUT2D eigenvalue weighted by Crippen LogP contribution is -2.29. The second-order valence-corrected chi connectivity index (χ2v) is 9.71. The minimum absolute atomic E-state index is 0.0977. The molecule has 11 nitrogen and oxygen atoms in total. The number of carboxylic acids is 1. The Morgan fingerprint density at radius 1 is 1.09 bits per heavy atom. The third-order valence-corrected chi connectivity index (χ3v) is 6.92. The molecule has 1 saturated heterocycles. The van der Waals surface area contributed by atoms with Gasteiger partial charge in [0.2, 0.25) is 5.89 Å². The smallest absolute Gasteiger partial charge is 0.490 e. The predicted molar refractivity (Wildman–Crippen MR) is 151 cm³/mol. The number of aliphatic carboxylic acids is 1. The molecule has 6 rings (SSSR count). The van der Waals surface area contributed by atoms with Crippen molar-refractivity contribution in [2.45, 2.75) is 25.1 Å². The summed E-state index contributed by atoms with van der Waals surface area (Å²) in [7, 11) is 1.61. The first-order valence-electron chi connectivity index (χ1n) is 13.1. The van der Waals surface area contributed by atoms with Crippen LogP contribution >= 0.6 is 0 Å². The van der Waals surface area contributed by atoms with Crippen molar-refractivity contribution >= 4 is 22.9 Å². The molecule has 3 aromatic heterocycles. The maximum Gasteiger partial charge on any atom is 0.490 e. The van der Waals surface area contributed by atoms with Crippen LogP contribution in [0.4, 0.5) is 19.0 Å². The number of halogens is 3. The Kier molecular flexibility index (Phi) is 8.21. The van der Waals surface area contributed by atoms with E-state index in [4.69, 9.17) is 24.8 Å². The van der Waals surface area contributed by atoms with E-state index in [9.17, 15) is 18.3 Å². The molecule has 0 spiro atoms. The number of methoxy groups -OCH3 is 1. The number of rotatable bonds is 5. The SMILES string of the molecule is COc1ccc(-c2c(O)ccc3nc(-c4cc(-c5cnn(C6CCNCC6)c5)cnc4N)oc23)cc1.O=C(O)C(F)(F)F. The summed E-state index contributed by atoms with van der Waals surface area (Å²) >= 11 is 0. The van der Waals surface area contributed by atoms with Crippen molar-refractivity contribution in [2.75, 3.05) is 25.9 Å². The van der Waals surface area contributed by atoms with Gasteiger partial charge >= 0.3 is 12.1 Å². The lowest BCUT2D eigenvalue weighted by Gasteiger charge is -2.22. The number of hydrogen-bond donors (Lipinski definition) is 4. The van der Waals surface area contributed by atoms with Crippen LogP contribution in [0.2, 0.25) is 0 Å². The summed E-state index contributed by atoms with van der Waals surface area (Å²) in [6.45, 7) is 2.00. The first kappa shape index (κ1) is 29.4. The van der Waals surface area contributed by atoms with Gasteiger partial charge < -0.3 is 30.4 Å². The molecule has 0 saturated carbocycles. The molecule has 0 unspecified atom stereocenters. The van der Waals surface area contributed by atoms with Gasteiger partial charge in [-0.1, -0.05) is 12.1 Å². The fourth-order valence-electron chi connectivity index (χ4n) is 4.70. The number of nitrogen functional groups attached to an aromatic ring is 1. The molecule has 2 aromatic carbocycles. The number of nitrogens with zero attached hydrogens (tertiary/aromatic N) is 4. The number of anilines is 1. The van der Waals surface area contributed by atoms with Gasteiger partial charge in [-0.25, -0.2) is 14.8 Å². The molecule has 0 amide bonds. The number of nitrogens with two attached hydrogens (primary N) is 1. The lowest BCUT2D eigenvalue weighted by atomic mass is 10.0. The van der Waals surface area contributed by atoms with Crippen LogP contribution in [0, 0.1) is 0 Å². The highest BCUT2D eigenvalue weighted by molar-refractivity contribution is 5.95. The van der Waals surface area contributed by atoms with Crippen molar-refractivity contribution in [1.82, 2.24) is 25.1 Å². The van der Waals surface area contributed by atoms with Crippen LogP contribution in [-0.4, -0.2) is 62.3 Å². The summed E-state index contributed by atoms with van der Waals surface area (Å²) in [5.41, 5.74) is 11.1. The van der Waals surface area contributed by atoms with Crippen molar-refractivity contribution in [2.24, 2.45) is 0 Å². The van der Waals surface area contributed by atoms with E-state index < -0.39 is 12.1 Å². The minimum Gasteiger partial charge on any atom is -0.507 e. The predicted octanol–water partition coefficient (Wildman–Crippen LogP) is 5.27. The number of oxazole rings is 1. The zero-order valence-corrected chi connectivity index (χ0v) is 22.8. The molecule has 0 bridgehead atoms. The van der Waals surface area contributed by atoms with Crippen molar-refractivity contribution in [3.63, 3.8) is 0 Å². The van der Waals surface area contributed by atoms with Gasteiger partial charge in [0, 0.05) is 23.5 Å². The van der Waals surface area contributed by atoms with Crippen LogP contribution in [0.5, 0.6) is 11.5 Å². The maximum atomic E-state index is 10.7. The summed E-state index contributed by atoms with van der Waals surface area (Å²) in [5.74, 6) is -1.29. The standard InChI is InChI=1S/C27H26N6O3.C2HF3O2/c1-35-20-4-2-16(3-5-20)24-23(34)7-6-22-25(24)36-27(32-22)21-12-17(13-30-26(21)28)18-14-31-33(15-18)19-8-10-29-11-9-19;3-2(4,5)1(6)7/h2-7,12-15,19,29,34H,8-11H2,1H3,(H2,28,30);(H,6,7). The molecule has 0 aliphatic carbocycles. The zero-order valence-electron chi connectivity index (χ0n) is 22.8. The second-order valence-electron chi connectivity index (χ2n) is 9.71. The summed E-state index contributed by atoms with van der Waals surface area (Å²) in [6.07, 6.45) is 2.67. The van der Waals surface area contributed by atoms with E-state index in [0.717, 1.165) is 48.4 Å². The number of carbonyl (C=O) groups is 1. The van der Waals surface area contributed by atoms with Crippen LogP contribution in [0.3, 0.4) is 0 Å². The van der Waals surface area contributed by atoms with E-state index >= 15 is 0 Å². The number of carboxylic acid groups (broad SMARTS) is 1. The van der Waals surface area contributed by atoms with Gasteiger partial charge in [-0.15, -0.1) is 0 Å². The lowest BCUT2D eigenvalue weighted by molar-refractivity contribution is -0.192. The third-order valence-electron chi connectivity index (χ3n) is 6.92. The number of piperidine rings is 1. The Morgan fingerprint density at radius 2 is 1.79 bits per heavy atom. The molecular formula is C29H27F3N6O5. The average molecular weight is 597 g/mol. The number of pyridine rings is 1. The number of ether oxygens (including phenoxy) is 1. The Balaban J connectivity index is 0.000000472. The van der Waals surface area contributed by atoms with Crippen molar-refractivity contribution in [1.29, 1.82) is 0 Å². The van der Waals surface area contributed by atoms with Crippen molar-refractivity contribution in [3.05, 3.63) is 61.1 Å². The molecular weight excluding hydrogens is 569 g/mol. The van der Waals surface area contributed by atoms with Crippen LogP contribution in [0.1, 0.15) is 18.9 Å². The summed E-state index contributed by atoms with van der Waals surface area (Å²) < 4.78 is 45.2. The summed E-state index contributed by atoms with van der Waals surface area (Å²) in [6, 6.07) is 13.0. The van der Waals surface area contributed by atoms with E-state index in [1.54, 1.807) is 25.4 Å². The topological polar surface area (TPSA) is 162 Å². The normalized spacial score (nSPS) is 13.9. The van der Waals surface area contributed by atoms with E-state index in [2.05, 4.69) is 26.6 Å². The maximum absolute atomic E-state index is 10.7. The Labute approximate surface area is 242 Å². The summed E-state index contributed by atoms with van der Waals surface area (Å²) in [4.78, 5) is 18.0. The number of fused-ring (bicyclic) bond motifs is 1. The van der Waals surface area contributed by atoms with Gasteiger partial charge in [-0.2, -0.15) is 18.3 Å². The van der Waals surface area contributed by atoms with E-state index in [1.807, 2.05) is 41.2 Å².